The van der Waals surface area contributed by atoms with Crippen LogP contribution in [0.2, 0.25) is 5.02 Å². The highest BCUT2D eigenvalue weighted by Gasteiger charge is 2.41. The molecular formula is C18H15ClN4S. The molecule has 2 atom stereocenters. The van der Waals surface area contributed by atoms with E-state index in [1.54, 1.807) is 6.20 Å². The van der Waals surface area contributed by atoms with Gasteiger partial charge in [-0.1, -0.05) is 17.7 Å². The minimum Gasteiger partial charge on any atom is -0.363 e. The lowest BCUT2D eigenvalue weighted by molar-refractivity contribution is 0.558. The molecule has 0 saturated carbocycles. The van der Waals surface area contributed by atoms with Gasteiger partial charge in [0, 0.05) is 28.8 Å². The zero-order valence-corrected chi connectivity index (χ0v) is 14.3. The van der Waals surface area contributed by atoms with E-state index in [1.165, 1.54) is 0 Å². The first-order valence-corrected chi connectivity index (χ1v) is 8.42. The van der Waals surface area contributed by atoms with Crippen molar-refractivity contribution in [2.45, 2.75) is 12.1 Å². The summed E-state index contributed by atoms with van der Waals surface area (Å²) in [5.41, 5.74) is 3.03. The van der Waals surface area contributed by atoms with E-state index in [9.17, 15) is 0 Å². The summed E-state index contributed by atoms with van der Waals surface area (Å²) >= 11 is 11.7. The minimum atomic E-state index is -0.0342. The van der Waals surface area contributed by atoms with Gasteiger partial charge in [0.05, 0.1) is 11.7 Å². The fourth-order valence-corrected chi connectivity index (χ4v) is 3.55. The molecule has 0 aliphatic carbocycles. The molecule has 0 radical (unpaired) electrons. The van der Waals surface area contributed by atoms with Crippen LogP contribution < -0.4 is 10.2 Å². The van der Waals surface area contributed by atoms with Gasteiger partial charge in [-0.15, -0.1) is 0 Å². The van der Waals surface area contributed by atoms with Crippen molar-refractivity contribution in [3.63, 3.8) is 0 Å². The summed E-state index contributed by atoms with van der Waals surface area (Å²) in [6.07, 6.45) is 3.73. The average Bonchev–Trinajstić information content (AvgIpc) is 3.24. The van der Waals surface area contributed by atoms with Crippen molar-refractivity contribution in [2.75, 3.05) is 4.90 Å². The summed E-state index contributed by atoms with van der Waals surface area (Å²) in [5, 5.41) is 4.79. The number of aromatic nitrogens is 2. The molecule has 4 rings (SSSR count). The van der Waals surface area contributed by atoms with Crippen molar-refractivity contribution in [1.82, 2.24) is 15.3 Å². The van der Waals surface area contributed by atoms with E-state index < -0.39 is 0 Å². The second-order valence-electron chi connectivity index (χ2n) is 5.60. The Morgan fingerprint density at radius 3 is 2.54 bits per heavy atom. The van der Waals surface area contributed by atoms with Gasteiger partial charge < -0.3 is 15.2 Å². The van der Waals surface area contributed by atoms with Gasteiger partial charge in [0.2, 0.25) is 0 Å². The van der Waals surface area contributed by atoms with E-state index >= 15 is 0 Å². The molecule has 1 aromatic carbocycles. The van der Waals surface area contributed by atoms with Crippen LogP contribution >= 0.6 is 23.8 Å². The molecule has 1 aliphatic heterocycles. The third-order valence-electron chi connectivity index (χ3n) is 4.14. The summed E-state index contributed by atoms with van der Waals surface area (Å²) in [7, 11) is 0. The SMILES string of the molecule is S=C1N[C@H](c2ccccn2)[C@@H](c2ccc[nH]2)N1c1ccc(Cl)cc1. The topological polar surface area (TPSA) is 44.0 Å². The van der Waals surface area contributed by atoms with Gasteiger partial charge in [0.1, 0.15) is 6.04 Å². The molecular weight excluding hydrogens is 340 g/mol. The second kappa shape index (κ2) is 6.26. The number of benzene rings is 1. The van der Waals surface area contributed by atoms with Gasteiger partial charge in [0.25, 0.3) is 0 Å². The fourth-order valence-electron chi connectivity index (χ4n) is 3.08. The quantitative estimate of drug-likeness (QED) is 0.690. The van der Waals surface area contributed by atoms with E-state index in [1.807, 2.05) is 54.7 Å². The van der Waals surface area contributed by atoms with E-state index in [0.717, 1.165) is 17.1 Å². The van der Waals surface area contributed by atoms with Gasteiger partial charge in [-0.3, -0.25) is 4.98 Å². The van der Waals surface area contributed by atoms with Crippen LogP contribution in [0.25, 0.3) is 0 Å². The molecule has 0 amide bonds. The molecule has 120 valence electrons. The van der Waals surface area contributed by atoms with Crippen molar-refractivity contribution in [3.8, 4) is 0 Å². The Bertz CT molecular complexity index is 833. The van der Waals surface area contributed by atoms with Crippen molar-refractivity contribution in [2.24, 2.45) is 0 Å². The van der Waals surface area contributed by atoms with Gasteiger partial charge in [-0.05, 0) is 60.7 Å². The number of rotatable bonds is 3. The molecule has 2 N–H and O–H groups in total. The maximum atomic E-state index is 6.03. The number of hydrogen-bond donors (Lipinski definition) is 2. The van der Waals surface area contributed by atoms with Gasteiger partial charge in [-0.25, -0.2) is 0 Å². The number of halogens is 1. The molecule has 3 aromatic rings. The molecule has 6 heteroatoms. The van der Waals surface area contributed by atoms with Crippen molar-refractivity contribution in [3.05, 3.63) is 83.4 Å². The minimum absolute atomic E-state index is 0.0106. The molecule has 3 heterocycles. The van der Waals surface area contributed by atoms with Gasteiger partial charge in [-0.2, -0.15) is 0 Å². The van der Waals surface area contributed by atoms with Crippen LogP contribution in [0.15, 0.2) is 67.0 Å². The molecule has 0 bridgehead atoms. The second-order valence-corrected chi connectivity index (χ2v) is 6.42. The maximum Gasteiger partial charge on any atom is 0.174 e. The van der Waals surface area contributed by atoms with Crippen molar-refractivity contribution >= 4 is 34.6 Å². The first kappa shape index (κ1) is 15.2. The summed E-state index contributed by atoms with van der Waals surface area (Å²) in [4.78, 5) is 9.94. The highest BCUT2D eigenvalue weighted by molar-refractivity contribution is 7.80. The first-order chi connectivity index (χ1) is 11.7. The van der Waals surface area contributed by atoms with E-state index in [4.69, 9.17) is 23.8 Å². The molecule has 1 saturated heterocycles. The summed E-state index contributed by atoms with van der Waals surface area (Å²) < 4.78 is 0. The third-order valence-corrected chi connectivity index (χ3v) is 4.71. The first-order valence-electron chi connectivity index (χ1n) is 7.63. The molecule has 0 spiro atoms. The largest absolute Gasteiger partial charge is 0.363 e. The van der Waals surface area contributed by atoms with Crippen molar-refractivity contribution < 1.29 is 0 Å². The van der Waals surface area contributed by atoms with Crippen LogP contribution in [0.1, 0.15) is 23.5 Å². The Hall–Kier alpha value is -2.37. The fraction of sp³-hybridized carbons (Fsp3) is 0.111. The number of pyridine rings is 1. The number of H-pyrrole nitrogens is 1. The molecule has 0 unspecified atom stereocenters. The number of aromatic amines is 1. The lowest BCUT2D eigenvalue weighted by atomic mass is 10.0. The normalized spacial score (nSPS) is 20.2. The van der Waals surface area contributed by atoms with Crippen LogP contribution in [0.3, 0.4) is 0 Å². The predicted octanol–water partition coefficient (Wildman–Crippen LogP) is 4.24. The monoisotopic (exact) mass is 354 g/mol. The molecule has 4 nitrogen and oxygen atoms in total. The average molecular weight is 355 g/mol. The lowest BCUT2D eigenvalue weighted by Gasteiger charge is -2.27. The highest BCUT2D eigenvalue weighted by atomic mass is 35.5. The zero-order chi connectivity index (χ0) is 16.5. The van der Waals surface area contributed by atoms with Crippen LogP contribution in [0.5, 0.6) is 0 Å². The molecule has 2 aromatic heterocycles. The van der Waals surface area contributed by atoms with E-state index in [-0.39, 0.29) is 12.1 Å². The predicted molar refractivity (Wildman–Crippen MR) is 100 cm³/mol. The van der Waals surface area contributed by atoms with Gasteiger partial charge in [0.15, 0.2) is 5.11 Å². The van der Waals surface area contributed by atoms with Crippen LogP contribution in [0.4, 0.5) is 5.69 Å². The lowest BCUT2D eigenvalue weighted by Crippen LogP contribution is -2.29. The molecule has 1 aliphatic rings. The number of nitrogens with zero attached hydrogens (tertiary/aromatic N) is 2. The number of nitrogens with one attached hydrogen (secondary N) is 2. The maximum absolute atomic E-state index is 6.03. The number of hydrogen-bond acceptors (Lipinski definition) is 2. The Kier molecular flexibility index (Phi) is 3.96. The summed E-state index contributed by atoms with van der Waals surface area (Å²) in [5.74, 6) is 0. The third kappa shape index (κ3) is 2.66. The smallest absolute Gasteiger partial charge is 0.174 e. The van der Waals surface area contributed by atoms with Crippen LogP contribution in [0, 0.1) is 0 Å². The molecule has 1 fully saturated rings. The standard InChI is InChI=1S/C18H15ClN4S/c19-12-6-8-13(9-7-12)23-17(15-5-3-11-21-15)16(22-18(23)24)14-4-1-2-10-20-14/h1-11,16-17,21H,(H,22,24)/t16-,17-/m1/s1. The zero-order valence-electron chi connectivity index (χ0n) is 12.7. The van der Waals surface area contributed by atoms with Crippen molar-refractivity contribution in [1.29, 1.82) is 0 Å². The Labute approximate surface area is 150 Å². The summed E-state index contributed by atoms with van der Waals surface area (Å²) in [6, 6.07) is 17.6. The van der Waals surface area contributed by atoms with Crippen LogP contribution in [-0.2, 0) is 0 Å². The van der Waals surface area contributed by atoms with E-state index in [2.05, 4.69) is 26.3 Å². The van der Waals surface area contributed by atoms with Crippen LogP contribution in [-0.4, -0.2) is 15.1 Å². The van der Waals surface area contributed by atoms with E-state index in [0.29, 0.717) is 10.1 Å². The number of thiocarbonyl (C=S) groups is 1. The molecule has 24 heavy (non-hydrogen) atoms. The summed E-state index contributed by atoms with van der Waals surface area (Å²) in [6.45, 7) is 0. The Morgan fingerprint density at radius 1 is 1.04 bits per heavy atom. The number of anilines is 1. The Balaban J connectivity index is 1.80. The van der Waals surface area contributed by atoms with Gasteiger partial charge >= 0.3 is 0 Å². The highest BCUT2D eigenvalue weighted by Crippen LogP contribution is 2.40. The Morgan fingerprint density at radius 2 is 1.88 bits per heavy atom.